The van der Waals surface area contributed by atoms with Gasteiger partial charge < -0.3 is 15.2 Å². The lowest BCUT2D eigenvalue weighted by atomic mass is 9.91. The van der Waals surface area contributed by atoms with E-state index in [1.165, 1.54) is 4.88 Å². The molecule has 0 saturated carbocycles. The van der Waals surface area contributed by atoms with Crippen molar-refractivity contribution < 1.29 is 19.4 Å². The largest absolute Gasteiger partial charge is 0.481 e. The maximum Gasteiger partial charge on any atom is 0.306 e. The Hall–Kier alpha value is -3.81. The molecule has 6 nitrogen and oxygen atoms in total. The molecule has 1 atom stereocenters. The monoisotopic (exact) mass is 678 g/mol. The first-order valence-corrected chi connectivity index (χ1v) is 18.2. The molecule has 1 heterocycles. The number of anilines is 1. The molecule has 0 fully saturated rings. The molecule has 0 radical (unpaired) electrons. The number of Topliss-reactive ketones (excluding diaryl/α,β-unsaturated/α-hetero) is 1. The Kier molecular flexibility index (Phi) is 29.4. The zero-order valence-corrected chi connectivity index (χ0v) is 32.1. The predicted octanol–water partition coefficient (Wildman–Crippen LogP) is 11.4. The van der Waals surface area contributed by atoms with Crippen LogP contribution in [0.3, 0.4) is 0 Å². The third-order valence-electron chi connectivity index (χ3n) is 6.60. The molecule has 1 aliphatic rings. The van der Waals surface area contributed by atoms with E-state index in [2.05, 4.69) is 36.0 Å². The summed E-state index contributed by atoms with van der Waals surface area (Å²) in [6.45, 7) is 22.5. The van der Waals surface area contributed by atoms with Crippen LogP contribution in [0.25, 0.3) is 6.08 Å². The predicted molar refractivity (Wildman–Crippen MR) is 210 cm³/mol. The quantitative estimate of drug-likeness (QED) is 0.182. The van der Waals surface area contributed by atoms with Gasteiger partial charge in [0, 0.05) is 36.1 Å². The molecule has 7 heteroatoms. The van der Waals surface area contributed by atoms with E-state index in [9.17, 15) is 14.7 Å². The van der Waals surface area contributed by atoms with Crippen LogP contribution in [-0.4, -0.2) is 35.6 Å². The Bertz CT molecular complexity index is 1320. The number of carbonyl (C=O) groups excluding carboxylic acids is 1. The fraction of sp³-hybridized carbons (Fsp3) is 0.439. The lowest BCUT2D eigenvalue weighted by Gasteiger charge is -2.13. The number of carboxylic acid groups (broad SMARTS) is 1. The number of allylic oxidation sites excluding steroid dienone is 9. The van der Waals surface area contributed by atoms with Crippen molar-refractivity contribution in [1.29, 1.82) is 0 Å². The second-order valence-electron chi connectivity index (χ2n) is 9.78. The highest BCUT2D eigenvalue weighted by Crippen LogP contribution is 2.26. The van der Waals surface area contributed by atoms with Crippen LogP contribution >= 0.6 is 11.3 Å². The number of nitrogens with zero attached hydrogens (tertiary/aromatic N) is 1. The van der Waals surface area contributed by atoms with Crippen LogP contribution in [0, 0.1) is 5.92 Å². The number of nitrogens with one attached hydrogen (secondary N) is 1. The Morgan fingerprint density at radius 2 is 1.71 bits per heavy atom. The number of rotatable bonds is 15. The van der Waals surface area contributed by atoms with Crippen molar-refractivity contribution in [2.75, 3.05) is 19.0 Å². The number of aromatic nitrogens is 1. The summed E-state index contributed by atoms with van der Waals surface area (Å²) in [4.78, 5) is 29.7. The first-order valence-electron chi connectivity index (χ1n) is 17.4. The smallest absolute Gasteiger partial charge is 0.306 e. The lowest BCUT2D eigenvalue weighted by Crippen LogP contribution is -2.19. The van der Waals surface area contributed by atoms with E-state index in [0.29, 0.717) is 25.0 Å². The molecular formula is C41H62N2O4S. The Morgan fingerprint density at radius 3 is 2.27 bits per heavy atom. The lowest BCUT2D eigenvalue weighted by molar-refractivity contribution is -0.143. The SMILES string of the molecule is C=Cc1nc(NC(/C=C\CC)=C/C)sc1CCOC.CC.CC.CC.CC1=C(C(=O)CC(CCc2ccccc2)C(=O)O)C=CCC=C1. The highest BCUT2D eigenvalue weighted by atomic mass is 32.1. The van der Waals surface area contributed by atoms with Crippen LogP contribution in [-0.2, 0) is 27.2 Å². The van der Waals surface area contributed by atoms with Gasteiger partial charge in [-0.05, 0) is 62.8 Å². The van der Waals surface area contributed by atoms with E-state index >= 15 is 0 Å². The molecular weight excluding hydrogens is 617 g/mol. The fourth-order valence-corrected chi connectivity index (χ4v) is 5.17. The number of hydrogen-bond donors (Lipinski definition) is 2. The van der Waals surface area contributed by atoms with Crippen molar-refractivity contribution in [1.82, 2.24) is 4.98 Å². The summed E-state index contributed by atoms with van der Waals surface area (Å²) >= 11 is 1.65. The van der Waals surface area contributed by atoms with Crippen LogP contribution < -0.4 is 5.32 Å². The summed E-state index contributed by atoms with van der Waals surface area (Å²) in [5.41, 5.74) is 4.63. The van der Waals surface area contributed by atoms with Crippen molar-refractivity contribution in [2.24, 2.45) is 5.92 Å². The van der Waals surface area contributed by atoms with Gasteiger partial charge in [0.15, 0.2) is 10.9 Å². The Morgan fingerprint density at radius 1 is 1.06 bits per heavy atom. The molecule has 0 aliphatic heterocycles. The maximum absolute atomic E-state index is 12.5. The van der Waals surface area contributed by atoms with Gasteiger partial charge in [-0.3, -0.25) is 9.59 Å². The summed E-state index contributed by atoms with van der Waals surface area (Å²) in [6, 6.07) is 9.77. The number of ether oxygens (including phenoxy) is 1. The minimum Gasteiger partial charge on any atom is -0.481 e. The minimum absolute atomic E-state index is 0.0486. The van der Waals surface area contributed by atoms with Crippen molar-refractivity contribution in [2.45, 2.75) is 101 Å². The topological polar surface area (TPSA) is 88.5 Å². The second-order valence-corrected chi connectivity index (χ2v) is 10.9. The van der Waals surface area contributed by atoms with Gasteiger partial charge in [0.05, 0.1) is 18.2 Å². The number of carboxylic acids is 1. The third kappa shape index (κ3) is 19.1. The van der Waals surface area contributed by atoms with Crippen LogP contribution in [0.1, 0.15) is 104 Å². The van der Waals surface area contributed by atoms with E-state index in [0.717, 1.165) is 46.9 Å². The molecule has 1 aromatic carbocycles. The number of hydrogen-bond acceptors (Lipinski definition) is 6. The summed E-state index contributed by atoms with van der Waals surface area (Å²) < 4.78 is 5.11. The highest BCUT2D eigenvalue weighted by molar-refractivity contribution is 7.15. The molecule has 2 aromatic rings. The molecule has 1 unspecified atom stereocenters. The fourth-order valence-electron chi connectivity index (χ4n) is 4.20. The van der Waals surface area contributed by atoms with Crippen molar-refractivity contribution in [3.05, 3.63) is 112 Å². The van der Waals surface area contributed by atoms with Crippen molar-refractivity contribution in [3.8, 4) is 0 Å². The number of thiazole rings is 1. The van der Waals surface area contributed by atoms with Crippen LogP contribution in [0.15, 0.2) is 96.3 Å². The first-order chi connectivity index (χ1) is 23.3. The number of aryl methyl sites for hydroxylation is 1. The van der Waals surface area contributed by atoms with Crippen molar-refractivity contribution in [3.63, 3.8) is 0 Å². The molecule has 1 aromatic heterocycles. The van der Waals surface area contributed by atoms with Gasteiger partial charge in [-0.15, -0.1) is 11.3 Å². The maximum atomic E-state index is 12.5. The third-order valence-corrected chi connectivity index (χ3v) is 7.65. The molecule has 0 spiro atoms. The Balaban J connectivity index is 0. The van der Waals surface area contributed by atoms with Crippen LogP contribution in [0.5, 0.6) is 0 Å². The Labute approximate surface area is 296 Å². The van der Waals surface area contributed by atoms with Gasteiger partial charge in [0.2, 0.25) is 0 Å². The van der Waals surface area contributed by atoms with Crippen LogP contribution in [0.2, 0.25) is 0 Å². The zero-order valence-electron chi connectivity index (χ0n) is 31.3. The molecule has 0 bridgehead atoms. The summed E-state index contributed by atoms with van der Waals surface area (Å²) in [5, 5.41) is 13.6. The summed E-state index contributed by atoms with van der Waals surface area (Å²) in [5.74, 6) is -1.64. The molecule has 266 valence electrons. The van der Waals surface area contributed by atoms with Gasteiger partial charge in [0.1, 0.15) is 0 Å². The van der Waals surface area contributed by atoms with Gasteiger partial charge in [0.25, 0.3) is 0 Å². The van der Waals surface area contributed by atoms with E-state index in [1.54, 1.807) is 24.5 Å². The minimum atomic E-state index is -0.902. The average Bonchev–Trinajstić information content (AvgIpc) is 3.39. The summed E-state index contributed by atoms with van der Waals surface area (Å²) in [6.07, 6.45) is 19.6. The van der Waals surface area contributed by atoms with Gasteiger partial charge in [-0.1, -0.05) is 122 Å². The first kappa shape index (κ1) is 46.3. The van der Waals surface area contributed by atoms with Gasteiger partial charge >= 0.3 is 5.97 Å². The standard InChI is InChI=1S/C20H22O3.C15H22N2OS.3C2H6/c1-15-8-4-2-7-11-18(15)19(21)14-17(20(22)23)13-12-16-9-5-3-6-10-16;1-5-8-9-12(6-2)16-15-17-13(7-3)14(19-15)10-11-18-4;3*1-2/h3-11,17H,2,12-14H2,1H3,(H,22,23);6-9H,3,5,10-11H2,1-2,4H3,(H,16,17);3*1-2H3/b;9-8-,12-6+;;;. The number of ketones is 1. The number of carbonyl (C=O) groups is 2. The van der Waals surface area contributed by atoms with Gasteiger partial charge in [-0.2, -0.15) is 0 Å². The molecule has 0 amide bonds. The van der Waals surface area contributed by atoms with Crippen LogP contribution in [0.4, 0.5) is 5.13 Å². The van der Waals surface area contributed by atoms with Gasteiger partial charge in [-0.25, -0.2) is 4.98 Å². The van der Waals surface area contributed by atoms with E-state index in [1.807, 2.05) is 116 Å². The molecule has 2 N–H and O–H groups in total. The molecule has 1 aliphatic carbocycles. The molecule has 3 rings (SSSR count). The highest BCUT2D eigenvalue weighted by Gasteiger charge is 2.23. The van der Waals surface area contributed by atoms with E-state index < -0.39 is 11.9 Å². The molecule has 48 heavy (non-hydrogen) atoms. The number of aliphatic carboxylic acids is 1. The number of benzene rings is 1. The second kappa shape index (κ2) is 30.5. The summed E-state index contributed by atoms with van der Waals surface area (Å²) in [7, 11) is 1.71. The molecule has 0 saturated heterocycles. The normalized spacial score (nSPS) is 12.5. The zero-order chi connectivity index (χ0) is 36.7. The average molecular weight is 679 g/mol. The number of methoxy groups -OCH3 is 1. The van der Waals surface area contributed by atoms with Crippen molar-refractivity contribution >= 4 is 34.3 Å². The van der Waals surface area contributed by atoms with E-state index in [4.69, 9.17) is 4.74 Å². The van der Waals surface area contributed by atoms with E-state index in [-0.39, 0.29) is 12.2 Å².